The van der Waals surface area contributed by atoms with Crippen LogP contribution in [0.25, 0.3) is 0 Å². The molecule has 1 aromatic rings. The molecule has 7 N–H and O–H groups in total. The highest BCUT2D eigenvalue weighted by molar-refractivity contribution is 5.94. The van der Waals surface area contributed by atoms with Gasteiger partial charge in [0.2, 0.25) is 5.79 Å². The number of carbonyl (C=O) groups is 1. The number of rotatable bonds is 2. The summed E-state index contributed by atoms with van der Waals surface area (Å²) in [5.74, 6) is -3.08. The molecule has 156 valence electrons. The summed E-state index contributed by atoms with van der Waals surface area (Å²) < 4.78 is 38.8. The topological polar surface area (TPSA) is 135 Å². The summed E-state index contributed by atoms with van der Waals surface area (Å²) >= 11 is 0. The zero-order valence-electron chi connectivity index (χ0n) is 15.0. The number of hydrogen-bond acceptors (Lipinski definition) is 8. The second-order valence-electron chi connectivity index (χ2n) is 7.19. The smallest absolute Gasteiger partial charge is 0.370 e. The van der Waals surface area contributed by atoms with Gasteiger partial charge >= 0.3 is 6.18 Å². The van der Waals surface area contributed by atoms with Crippen LogP contribution in [0.1, 0.15) is 15.9 Å². The van der Waals surface area contributed by atoms with Gasteiger partial charge in [-0.1, -0.05) is 12.6 Å². The summed E-state index contributed by atoms with van der Waals surface area (Å²) in [6, 6.07) is 1.89. The molecule has 3 heterocycles. The fraction of sp³-hybridized carbons (Fsp3) is 0.412. The van der Waals surface area contributed by atoms with E-state index in [4.69, 9.17) is 5.73 Å². The van der Waals surface area contributed by atoms with Gasteiger partial charge in [-0.15, -0.1) is 0 Å². The van der Waals surface area contributed by atoms with Gasteiger partial charge in [-0.05, 0) is 18.2 Å². The number of aliphatic hydroxyl groups is 2. The number of alkyl halides is 3. The van der Waals surface area contributed by atoms with Gasteiger partial charge in [0.1, 0.15) is 12.1 Å². The van der Waals surface area contributed by atoms with Crippen molar-refractivity contribution in [1.29, 1.82) is 0 Å². The summed E-state index contributed by atoms with van der Waals surface area (Å²) in [6.45, 7) is 3.97. The van der Waals surface area contributed by atoms with Gasteiger partial charge in [0.15, 0.2) is 11.6 Å². The minimum absolute atomic E-state index is 0.00571. The van der Waals surface area contributed by atoms with Crippen LogP contribution in [-0.4, -0.2) is 63.6 Å². The maximum atomic E-state index is 12.9. The van der Waals surface area contributed by atoms with Crippen LogP contribution in [0.2, 0.25) is 0 Å². The van der Waals surface area contributed by atoms with E-state index in [-0.39, 0.29) is 24.6 Å². The number of hydrogen-bond donors (Lipinski definition) is 6. The Morgan fingerprint density at radius 3 is 2.83 bits per heavy atom. The average molecular weight is 412 g/mol. The second kappa shape index (κ2) is 6.00. The fourth-order valence-electron chi connectivity index (χ4n) is 4.13. The highest BCUT2D eigenvalue weighted by atomic mass is 19.4. The maximum Gasteiger partial charge on any atom is 0.416 e. The van der Waals surface area contributed by atoms with Gasteiger partial charge in [-0.3, -0.25) is 4.79 Å². The molecule has 12 heteroatoms. The Kier molecular flexibility index (Phi) is 4.00. The lowest BCUT2D eigenvalue weighted by molar-refractivity contribution is -0.234. The van der Waals surface area contributed by atoms with E-state index in [0.29, 0.717) is 11.9 Å². The predicted octanol–water partition coefficient (Wildman–Crippen LogP) is -1.14. The van der Waals surface area contributed by atoms with Crippen molar-refractivity contribution < 1.29 is 28.2 Å². The number of halogens is 3. The second-order valence-corrected chi connectivity index (χ2v) is 7.19. The summed E-state index contributed by atoms with van der Waals surface area (Å²) in [5, 5.41) is 30.1. The first kappa shape index (κ1) is 19.3. The molecule has 2 saturated heterocycles. The molecule has 3 aliphatic rings. The Hall–Kier alpha value is -2.99. The van der Waals surface area contributed by atoms with E-state index in [1.165, 1.54) is 11.0 Å². The van der Waals surface area contributed by atoms with Gasteiger partial charge in [0.05, 0.1) is 11.4 Å². The molecule has 0 radical (unpaired) electrons. The molecule has 0 saturated carbocycles. The van der Waals surface area contributed by atoms with Crippen molar-refractivity contribution in [3.63, 3.8) is 0 Å². The molecule has 3 aliphatic heterocycles. The fourth-order valence-corrected chi connectivity index (χ4v) is 4.13. The molecule has 4 rings (SSSR count). The molecule has 0 bridgehead atoms. The Labute approximate surface area is 163 Å². The van der Waals surface area contributed by atoms with E-state index in [0.717, 1.165) is 12.1 Å². The molecule has 0 aromatic heterocycles. The first-order chi connectivity index (χ1) is 13.5. The van der Waals surface area contributed by atoms with E-state index in [2.05, 4.69) is 27.5 Å². The van der Waals surface area contributed by atoms with Crippen molar-refractivity contribution in [2.45, 2.75) is 29.7 Å². The third-order valence-corrected chi connectivity index (χ3v) is 5.52. The van der Waals surface area contributed by atoms with E-state index in [9.17, 15) is 28.2 Å². The molecular weight excluding hydrogens is 393 g/mol. The third kappa shape index (κ3) is 2.70. The zero-order chi connectivity index (χ0) is 21.2. The first-order valence-corrected chi connectivity index (χ1v) is 8.71. The molecule has 0 aliphatic carbocycles. The lowest BCUT2D eigenvalue weighted by Gasteiger charge is -2.49. The monoisotopic (exact) mass is 412 g/mol. The lowest BCUT2D eigenvalue weighted by Crippen LogP contribution is -2.76. The quantitative estimate of drug-likeness (QED) is 0.338. The van der Waals surface area contributed by atoms with Gasteiger partial charge in [0.25, 0.3) is 5.91 Å². The Balaban J connectivity index is 1.62. The third-order valence-electron chi connectivity index (χ3n) is 5.52. The molecule has 29 heavy (non-hydrogen) atoms. The number of nitrogens with two attached hydrogens (primary N) is 1. The summed E-state index contributed by atoms with van der Waals surface area (Å²) in [7, 11) is 0. The Morgan fingerprint density at radius 2 is 2.14 bits per heavy atom. The van der Waals surface area contributed by atoms with E-state index in [1.807, 2.05) is 0 Å². The molecule has 3 atom stereocenters. The van der Waals surface area contributed by atoms with Crippen LogP contribution in [0.3, 0.4) is 0 Å². The number of carbonyl (C=O) groups excluding carboxylic acids is 1. The number of guanidine groups is 1. The van der Waals surface area contributed by atoms with Crippen molar-refractivity contribution in [1.82, 2.24) is 20.9 Å². The maximum absolute atomic E-state index is 12.9. The SMILES string of the molecule is C=C1NCC2N=C(N)NC23N1CC(NC(=O)c1cccc(C(F)(F)F)c1)C3(O)O. The van der Waals surface area contributed by atoms with Crippen molar-refractivity contribution in [2.24, 2.45) is 10.7 Å². The standard InChI is InChI=1S/C17H19F3N6O3/c1-8-22-6-11-15(25-14(21)24-11)16(28,29)12(7-26(8)15)23-13(27)9-3-2-4-10(5-9)17(18,19)20/h2-5,11-12,22,28-29H,1,6-7H2,(H,23,27)(H3,21,24,25). The molecule has 3 unspecified atom stereocenters. The van der Waals surface area contributed by atoms with Crippen molar-refractivity contribution in [3.05, 3.63) is 47.8 Å². The Morgan fingerprint density at radius 1 is 1.41 bits per heavy atom. The van der Waals surface area contributed by atoms with Crippen LogP contribution in [0.15, 0.2) is 41.7 Å². The van der Waals surface area contributed by atoms with Crippen LogP contribution in [0.4, 0.5) is 13.2 Å². The van der Waals surface area contributed by atoms with Crippen LogP contribution in [0.5, 0.6) is 0 Å². The van der Waals surface area contributed by atoms with Crippen LogP contribution in [0, 0.1) is 0 Å². The van der Waals surface area contributed by atoms with Crippen LogP contribution < -0.4 is 21.7 Å². The minimum atomic E-state index is -4.61. The molecule has 1 amide bonds. The molecule has 1 spiro atoms. The number of amides is 1. The molecule has 1 aromatic carbocycles. The van der Waals surface area contributed by atoms with Gasteiger partial charge in [-0.25, -0.2) is 4.99 Å². The van der Waals surface area contributed by atoms with Crippen molar-refractivity contribution >= 4 is 11.9 Å². The number of aliphatic imine (C=N–C) groups is 1. The first-order valence-electron chi connectivity index (χ1n) is 8.71. The zero-order valence-corrected chi connectivity index (χ0v) is 15.0. The van der Waals surface area contributed by atoms with E-state index >= 15 is 0 Å². The molecular formula is C17H19F3N6O3. The largest absolute Gasteiger partial charge is 0.416 e. The van der Waals surface area contributed by atoms with E-state index in [1.54, 1.807) is 0 Å². The van der Waals surface area contributed by atoms with Gasteiger partial charge in [0, 0.05) is 18.7 Å². The number of nitrogens with one attached hydrogen (secondary N) is 3. The average Bonchev–Trinajstić information content (AvgIpc) is 3.10. The molecule has 2 fully saturated rings. The van der Waals surface area contributed by atoms with Gasteiger partial charge in [-0.2, -0.15) is 13.2 Å². The highest BCUT2D eigenvalue weighted by Gasteiger charge is 2.71. The minimum Gasteiger partial charge on any atom is -0.370 e. The van der Waals surface area contributed by atoms with Crippen molar-refractivity contribution in [3.8, 4) is 0 Å². The van der Waals surface area contributed by atoms with Crippen LogP contribution >= 0.6 is 0 Å². The number of benzene rings is 1. The number of nitrogens with zero attached hydrogens (tertiary/aromatic N) is 2. The predicted molar refractivity (Wildman–Crippen MR) is 95.0 cm³/mol. The summed E-state index contributed by atoms with van der Waals surface area (Å²) in [4.78, 5) is 18.2. The summed E-state index contributed by atoms with van der Waals surface area (Å²) in [5.41, 5.74) is 2.94. The normalized spacial score (nSPS) is 30.0. The van der Waals surface area contributed by atoms with Gasteiger partial charge < -0.3 is 36.8 Å². The van der Waals surface area contributed by atoms with E-state index < -0.39 is 41.2 Å². The summed E-state index contributed by atoms with van der Waals surface area (Å²) in [6.07, 6.45) is -4.61. The highest BCUT2D eigenvalue weighted by Crippen LogP contribution is 2.44. The Bertz CT molecular complexity index is 918. The van der Waals surface area contributed by atoms with Crippen LogP contribution in [-0.2, 0) is 6.18 Å². The van der Waals surface area contributed by atoms with Crippen molar-refractivity contribution in [2.75, 3.05) is 13.1 Å². The lowest BCUT2D eigenvalue weighted by atomic mass is 9.88. The molecule has 9 nitrogen and oxygen atoms in total.